The summed E-state index contributed by atoms with van der Waals surface area (Å²) >= 11 is 12.0. The minimum Gasteiger partial charge on any atom is -0.159 e. The summed E-state index contributed by atoms with van der Waals surface area (Å²) in [6.07, 6.45) is 0. The molecular formula is C14H10Cl2N4. The molecule has 0 aliphatic heterocycles. The van der Waals surface area contributed by atoms with Gasteiger partial charge >= 0.3 is 0 Å². The van der Waals surface area contributed by atoms with Crippen molar-refractivity contribution in [2.24, 2.45) is 0 Å². The van der Waals surface area contributed by atoms with Gasteiger partial charge in [-0.2, -0.15) is 4.80 Å². The van der Waals surface area contributed by atoms with Gasteiger partial charge in [0.2, 0.25) is 5.82 Å². The molecule has 0 saturated carbocycles. The van der Waals surface area contributed by atoms with E-state index < -0.39 is 0 Å². The topological polar surface area (TPSA) is 43.6 Å². The van der Waals surface area contributed by atoms with Gasteiger partial charge in [0.05, 0.1) is 6.54 Å². The van der Waals surface area contributed by atoms with Crippen LogP contribution in [0.4, 0.5) is 0 Å². The third kappa shape index (κ3) is 2.81. The van der Waals surface area contributed by atoms with Gasteiger partial charge in [-0.15, -0.1) is 10.2 Å². The largest absolute Gasteiger partial charge is 0.204 e. The maximum absolute atomic E-state index is 6.11. The zero-order valence-corrected chi connectivity index (χ0v) is 11.9. The quantitative estimate of drug-likeness (QED) is 0.741. The molecular weight excluding hydrogens is 295 g/mol. The highest BCUT2D eigenvalue weighted by atomic mass is 35.5. The molecule has 0 fully saturated rings. The van der Waals surface area contributed by atoms with E-state index in [0.29, 0.717) is 22.4 Å². The molecule has 6 heteroatoms. The number of tetrazole rings is 1. The number of halogens is 2. The number of hydrogen-bond donors (Lipinski definition) is 0. The van der Waals surface area contributed by atoms with Crippen LogP contribution in [0.15, 0.2) is 48.5 Å². The standard InChI is InChI=1S/C14H10Cl2N4/c15-12-7-5-10(6-8-12)14-17-19-20(18-14)9-11-3-1-2-4-13(11)16/h1-8H,9H2. The van der Waals surface area contributed by atoms with Crippen LogP contribution >= 0.6 is 23.2 Å². The molecule has 0 spiro atoms. The van der Waals surface area contributed by atoms with Crippen LogP contribution in [-0.2, 0) is 6.54 Å². The van der Waals surface area contributed by atoms with Gasteiger partial charge in [0.15, 0.2) is 0 Å². The molecule has 0 aliphatic carbocycles. The van der Waals surface area contributed by atoms with E-state index in [-0.39, 0.29) is 0 Å². The molecule has 3 rings (SSSR count). The molecule has 4 nitrogen and oxygen atoms in total. The molecule has 0 bridgehead atoms. The lowest BCUT2D eigenvalue weighted by molar-refractivity contribution is 0.573. The Morgan fingerprint density at radius 2 is 1.70 bits per heavy atom. The summed E-state index contributed by atoms with van der Waals surface area (Å²) < 4.78 is 0. The highest BCUT2D eigenvalue weighted by Gasteiger charge is 2.07. The molecule has 0 atom stereocenters. The van der Waals surface area contributed by atoms with E-state index in [4.69, 9.17) is 23.2 Å². The highest BCUT2D eigenvalue weighted by Crippen LogP contribution is 2.18. The number of rotatable bonds is 3. The minimum atomic E-state index is 0.486. The predicted molar refractivity (Wildman–Crippen MR) is 78.8 cm³/mol. The molecule has 100 valence electrons. The average molecular weight is 305 g/mol. The van der Waals surface area contributed by atoms with Crippen LogP contribution in [0.25, 0.3) is 11.4 Å². The average Bonchev–Trinajstić information content (AvgIpc) is 2.91. The Bertz CT molecular complexity index is 722. The van der Waals surface area contributed by atoms with Crippen molar-refractivity contribution in [1.29, 1.82) is 0 Å². The van der Waals surface area contributed by atoms with Crippen molar-refractivity contribution in [3.8, 4) is 11.4 Å². The summed E-state index contributed by atoms with van der Waals surface area (Å²) in [6, 6.07) is 14.9. The van der Waals surface area contributed by atoms with E-state index in [1.807, 2.05) is 36.4 Å². The molecule has 3 aromatic rings. The Morgan fingerprint density at radius 1 is 0.950 bits per heavy atom. The van der Waals surface area contributed by atoms with Gasteiger partial charge in [0, 0.05) is 15.6 Å². The minimum absolute atomic E-state index is 0.486. The maximum Gasteiger partial charge on any atom is 0.204 e. The molecule has 1 aromatic heterocycles. The second kappa shape index (κ2) is 5.61. The summed E-state index contributed by atoms with van der Waals surface area (Å²) in [7, 11) is 0. The Kier molecular flexibility index (Phi) is 3.67. The van der Waals surface area contributed by atoms with E-state index in [9.17, 15) is 0 Å². The molecule has 2 aromatic carbocycles. The van der Waals surface area contributed by atoms with E-state index in [2.05, 4.69) is 15.4 Å². The van der Waals surface area contributed by atoms with Crippen LogP contribution in [-0.4, -0.2) is 20.2 Å². The number of hydrogen-bond acceptors (Lipinski definition) is 3. The van der Waals surface area contributed by atoms with Crippen LogP contribution in [0.1, 0.15) is 5.56 Å². The van der Waals surface area contributed by atoms with Crippen LogP contribution in [0.5, 0.6) is 0 Å². The first kappa shape index (κ1) is 13.1. The fourth-order valence-electron chi connectivity index (χ4n) is 1.80. The normalized spacial score (nSPS) is 10.7. The zero-order valence-electron chi connectivity index (χ0n) is 10.4. The molecule has 0 saturated heterocycles. The van der Waals surface area contributed by atoms with Gasteiger partial charge in [0.25, 0.3) is 0 Å². The molecule has 0 aliphatic rings. The van der Waals surface area contributed by atoms with Crippen molar-refractivity contribution in [3.05, 3.63) is 64.1 Å². The number of aromatic nitrogens is 4. The number of nitrogens with zero attached hydrogens (tertiary/aromatic N) is 4. The van der Waals surface area contributed by atoms with Crippen molar-refractivity contribution < 1.29 is 0 Å². The molecule has 0 amide bonds. The van der Waals surface area contributed by atoms with Gasteiger partial charge in [-0.1, -0.05) is 41.4 Å². The predicted octanol–water partition coefficient (Wildman–Crippen LogP) is 3.70. The molecule has 0 N–H and O–H groups in total. The second-order valence-corrected chi connectivity index (χ2v) is 5.09. The lowest BCUT2D eigenvalue weighted by Crippen LogP contribution is -2.04. The third-order valence-electron chi connectivity index (χ3n) is 2.82. The smallest absolute Gasteiger partial charge is 0.159 e. The first-order chi connectivity index (χ1) is 9.72. The molecule has 20 heavy (non-hydrogen) atoms. The van der Waals surface area contributed by atoms with Crippen molar-refractivity contribution >= 4 is 23.2 Å². The fourth-order valence-corrected chi connectivity index (χ4v) is 2.13. The first-order valence-electron chi connectivity index (χ1n) is 5.99. The Hall–Kier alpha value is -1.91. The van der Waals surface area contributed by atoms with Crippen molar-refractivity contribution in [3.63, 3.8) is 0 Å². The van der Waals surface area contributed by atoms with E-state index in [0.717, 1.165) is 11.1 Å². The van der Waals surface area contributed by atoms with E-state index in [1.165, 1.54) is 4.80 Å². The van der Waals surface area contributed by atoms with Crippen LogP contribution in [0.3, 0.4) is 0 Å². The summed E-state index contributed by atoms with van der Waals surface area (Å²) in [6.45, 7) is 0.486. The van der Waals surface area contributed by atoms with Crippen LogP contribution in [0, 0.1) is 0 Å². The Balaban J connectivity index is 1.84. The summed E-state index contributed by atoms with van der Waals surface area (Å²) in [5, 5.41) is 13.8. The highest BCUT2D eigenvalue weighted by molar-refractivity contribution is 6.31. The lowest BCUT2D eigenvalue weighted by atomic mass is 10.2. The van der Waals surface area contributed by atoms with Crippen molar-refractivity contribution in [2.45, 2.75) is 6.54 Å². The monoisotopic (exact) mass is 304 g/mol. The summed E-state index contributed by atoms with van der Waals surface area (Å²) in [5.74, 6) is 0.564. The Labute approximate surface area is 126 Å². The SMILES string of the molecule is Clc1ccc(-c2nnn(Cc3ccccc3Cl)n2)cc1. The van der Waals surface area contributed by atoms with E-state index in [1.54, 1.807) is 12.1 Å². The van der Waals surface area contributed by atoms with Crippen LogP contribution < -0.4 is 0 Å². The van der Waals surface area contributed by atoms with Crippen LogP contribution in [0.2, 0.25) is 10.0 Å². The first-order valence-corrected chi connectivity index (χ1v) is 6.75. The Morgan fingerprint density at radius 3 is 2.45 bits per heavy atom. The van der Waals surface area contributed by atoms with Gasteiger partial charge < -0.3 is 0 Å². The van der Waals surface area contributed by atoms with Crippen molar-refractivity contribution in [2.75, 3.05) is 0 Å². The summed E-state index contributed by atoms with van der Waals surface area (Å²) in [5.41, 5.74) is 1.83. The van der Waals surface area contributed by atoms with Gasteiger partial charge in [-0.05, 0) is 41.1 Å². The number of benzene rings is 2. The molecule has 0 unspecified atom stereocenters. The lowest BCUT2D eigenvalue weighted by Gasteiger charge is -2.01. The van der Waals surface area contributed by atoms with E-state index >= 15 is 0 Å². The summed E-state index contributed by atoms with van der Waals surface area (Å²) in [4.78, 5) is 1.52. The maximum atomic E-state index is 6.11. The second-order valence-electron chi connectivity index (χ2n) is 4.24. The van der Waals surface area contributed by atoms with Crippen molar-refractivity contribution in [1.82, 2.24) is 20.2 Å². The fraction of sp³-hybridized carbons (Fsp3) is 0.0714. The third-order valence-corrected chi connectivity index (χ3v) is 3.45. The molecule has 0 radical (unpaired) electrons. The van der Waals surface area contributed by atoms with Gasteiger partial charge in [0.1, 0.15) is 0 Å². The zero-order chi connectivity index (χ0) is 13.9. The van der Waals surface area contributed by atoms with Gasteiger partial charge in [-0.3, -0.25) is 0 Å². The van der Waals surface area contributed by atoms with Gasteiger partial charge in [-0.25, -0.2) is 0 Å². The molecule has 1 heterocycles.